The lowest BCUT2D eigenvalue weighted by Gasteiger charge is -2.10. The van der Waals surface area contributed by atoms with Gasteiger partial charge in [-0.1, -0.05) is 30.3 Å². The molecule has 0 aliphatic carbocycles. The highest BCUT2D eigenvalue weighted by atomic mass is 16.1. The Kier molecular flexibility index (Phi) is 4.30. The van der Waals surface area contributed by atoms with Crippen molar-refractivity contribution >= 4 is 33.7 Å². The maximum absolute atomic E-state index is 12.8. The van der Waals surface area contributed by atoms with Crippen molar-refractivity contribution in [3.8, 4) is 6.07 Å². The van der Waals surface area contributed by atoms with Crippen LogP contribution in [0.2, 0.25) is 0 Å². The summed E-state index contributed by atoms with van der Waals surface area (Å²) in [6.45, 7) is 2.27. The molecule has 0 bridgehead atoms. The molecule has 0 radical (unpaired) electrons. The standard InChI is InChI=1S/C21H16N6O/c1-12-8-13-4-2-6-15(17(13)24-10-12)11-25-20(28)19-16-7-3-5-14(9-22)18(16)26-21(23)27-19/h2-8,10H,11H2,1H3,(H,25,28)(H2,23,26,27). The third-order valence-corrected chi connectivity index (χ3v) is 4.45. The molecule has 0 unspecified atom stereocenters. The molecule has 136 valence electrons. The summed E-state index contributed by atoms with van der Waals surface area (Å²) < 4.78 is 0. The fraction of sp³-hybridized carbons (Fsp3) is 0.0952. The summed E-state index contributed by atoms with van der Waals surface area (Å²) in [4.78, 5) is 25.5. The van der Waals surface area contributed by atoms with Crippen molar-refractivity contribution in [1.29, 1.82) is 5.26 Å². The molecule has 0 spiro atoms. The lowest BCUT2D eigenvalue weighted by atomic mass is 10.1. The number of nitrogen functional groups attached to an aromatic ring is 1. The van der Waals surface area contributed by atoms with Gasteiger partial charge in [0.2, 0.25) is 5.95 Å². The number of carbonyl (C=O) groups is 1. The lowest BCUT2D eigenvalue weighted by Crippen LogP contribution is -2.25. The van der Waals surface area contributed by atoms with Crippen molar-refractivity contribution in [1.82, 2.24) is 20.3 Å². The van der Waals surface area contributed by atoms with Gasteiger partial charge in [-0.05, 0) is 30.2 Å². The van der Waals surface area contributed by atoms with Crippen molar-refractivity contribution in [3.63, 3.8) is 0 Å². The number of nitrogens with two attached hydrogens (primary N) is 1. The Labute approximate surface area is 160 Å². The highest BCUT2D eigenvalue weighted by Crippen LogP contribution is 2.21. The molecule has 0 aliphatic rings. The van der Waals surface area contributed by atoms with Crippen molar-refractivity contribution < 1.29 is 4.79 Å². The Bertz CT molecular complexity index is 1280. The second-order valence-corrected chi connectivity index (χ2v) is 6.43. The van der Waals surface area contributed by atoms with Gasteiger partial charge >= 0.3 is 0 Å². The molecule has 0 saturated carbocycles. The second-order valence-electron chi connectivity index (χ2n) is 6.43. The quantitative estimate of drug-likeness (QED) is 0.574. The summed E-state index contributed by atoms with van der Waals surface area (Å²) in [6, 6.07) is 15.0. The van der Waals surface area contributed by atoms with Crippen molar-refractivity contribution in [3.05, 3.63) is 71.0 Å². The zero-order valence-corrected chi connectivity index (χ0v) is 15.1. The largest absolute Gasteiger partial charge is 0.368 e. The van der Waals surface area contributed by atoms with Gasteiger partial charge < -0.3 is 11.1 Å². The number of amides is 1. The summed E-state index contributed by atoms with van der Waals surface area (Å²) in [5.74, 6) is -0.444. The number of nitrogens with zero attached hydrogens (tertiary/aromatic N) is 4. The van der Waals surface area contributed by atoms with E-state index in [9.17, 15) is 10.1 Å². The van der Waals surface area contributed by atoms with Crippen LogP contribution < -0.4 is 11.1 Å². The van der Waals surface area contributed by atoms with Gasteiger partial charge in [0.25, 0.3) is 5.91 Å². The normalized spacial score (nSPS) is 10.7. The van der Waals surface area contributed by atoms with Crippen LogP contribution in [0.3, 0.4) is 0 Å². The Balaban J connectivity index is 1.68. The molecule has 4 rings (SSSR count). The van der Waals surface area contributed by atoms with E-state index in [1.54, 1.807) is 24.4 Å². The summed E-state index contributed by atoms with van der Waals surface area (Å²) in [5, 5.41) is 13.6. The third-order valence-electron chi connectivity index (χ3n) is 4.45. The van der Waals surface area contributed by atoms with Gasteiger partial charge in [-0.25, -0.2) is 9.97 Å². The number of aryl methyl sites for hydroxylation is 1. The number of anilines is 1. The van der Waals surface area contributed by atoms with Crippen molar-refractivity contribution in [2.24, 2.45) is 0 Å². The highest BCUT2D eigenvalue weighted by Gasteiger charge is 2.16. The number of para-hydroxylation sites is 2. The van der Waals surface area contributed by atoms with Crippen LogP contribution >= 0.6 is 0 Å². The molecule has 0 fully saturated rings. The third kappa shape index (κ3) is 3.08. The summed E-state index contributed by atoms with van der Waals surface area (Å²) >= 11 is 0. The van der Waals surface area contributed by atoms with Gasteiger partial charge in [0.1, 0.15) is 11.8 Å². The SMILES string of the molecule is Cc1cnc2c(CNC(=O)c3nc(N)nc4c(C#N)cccc34)cccc2c1. The maximum Gasteiger partial charge on any atom is 0.271 e. The first-order valence-corrected chi connectivity index (χ1v) is 8.65. The number of fused-ring (bicyclic) bond motifs is 2. The van der Waals surface area contributed by atoms with E-state index in [0.29, 0.717) is 16.5 Å². The van der Waals surface area contributed by atoms with E-state index in [1.165, 1.54) is 0 Å². The Morgan fingerprint density at radius 3 is 2.82 bits per heavy atom. The number of aromatic nitrogens is 3. The van der Waals surface area contributed by atoms with Gasteiger partial charge in [-0.15, -0.1) is 0 Å². The van der Waals surface area contributed by atoms with Crippen LogP contribution in [0.5, 0.6) is 0 Å². The van der Waals surface area contributed by atoms with Gasteiger partial charge in [-0.2, -0.15) is 5.26 Å². The van der Waals surface area contributed by atoms with Gasteiger partial charge in [0, 0.05) is 23.5 Å². The molecular weight excluding hydrogens is 352 g/mol. The van der Waals surface area contributed by atoms with Crippen LogP contribution in [0.4, 0.5) is 5.95 Å². The summed E-state index contributed by atoms with van der Waals surface area (Å²) in [7, 11) is 0. The smallest absolute Gasteiger partial charge is 0.271 e. The van der Waals surface area contributed by atoms with E-state index in [0.717, 1.165) is 22.0 Å². The van der Waals surface area contributed by atoms with Crippen LogP contribution in [-0.2, 0) is 6.54 Å². The fourth-order valence-corrected chi connectivity index (χ4v) is 3.17. The zero-order valence-electron chi connectivity index (χ0n) is 15.1. The van der Waals surface area contributed by atoms with E-state index in [1.807, 2.05) is 25.1 Å². The van der Waals surface area contributed by atoms with Crippen molar-refractivity contribution in [2.75, 3.05) is 5.73 Å². The minimum atomic E-state index is -0.390. The molecule has 2 aromatic carbocycles. The molecule has 2 heterocycles. The highest BCUT2D eigenvalue weighted by molar-refractivity contribution is 6.05. The summed E-state index contributed by atoms with van der Waals surface area (Å²) in [5.41, 5.74) is 9.42. The van der Waals surface area contributed by atoms with Crippen molar-refractivity contribution in [2.45, 2.75) is 13.5 Å². The molecule has 2 aromatic heterocycles. The zero-order chi connectivity index (χ0) is 19.7. The maximum atomic E-state index is 12.8. The van der Waals surface area contributed by atoms with Crippen LogP contribution in [0, 0.1) is 18.3 Å². The number of nitrogens with one attached hydrogen (secondary N) is 1. The van der Waals surface area contributed by atoms with Gasteiger partial charge in [-0.3, -0.25) is 9.78 Å². The predicted octanol–water partition coefficient (Wildman–Crippen LogP) is 2.87. The molecule has 7 heteroatoms. The number of pyridine rings is 1. The minimum Gasteiger partial charge on any atom is -0.368 e. The Hall–Kier alpha value is -4.05. The fourth-order valence-electron chi connectivity index (χ4n) is 3.17. The monoisotopic (exact) mass is 368 g/mol. The number of hydrogen-bond donors (Lipinski definition) is 2. The average molecular weight is 368 g/mol. The predicted molar refractivity (Wildman–Crippen MR) is 106 cm³/mol. The van der Waals surface area contributed by atoms with Crippen LogP contribution in [0.15, 0.2) is 48.7 Å². The average Bonchev–Trinajstić information content (AvgIpc) is 2.70. The molecule has 0 saturated heterocycles. The molecule has 28 heavy (non-hydrogen) atoms. The molecular formula is C21H16N6O. The molecule has 0 atom stereocenters. The van der Waals surface area contributed by atoms with Gasteiger partial charge in [0.05, 0.1) is 16.6 Å². The Morgan fingerprint density at radius 2 is 2.00 bits per heavy atom. The summed E-state index contributed by atoms with van der Waals surface area (Å²) in [6.07, 6.45) is 1.80. The number of hydrogen-bond acceptors (Lipinski definition) is 6. The van der Waals surface area contributed by atoms with E-state index in [-0.39, 0.29) is 18.2 Å². The van der Waals surface area contributed by atoms with Gasteiger partial charge in [0.15, 0.2) is 0 Å². The molecule has 3 N–H and O–H groups in total. The topological polar surface area (TPSA) is 118 Å². The second kappa shape index (κ2) is 6.93. The first kappa shape index (κ1) is 17.4. The van der Waals surface area contributed by atoms with Crippen LogP contribution in [-0.4, -0.2) is 20.9 Å². The van der Waals surface area contributed by atoms with E-state index >= 15 is 0 Å². The first-order chi connectivity index (χ1) is 13.6. The number of benzene rings is 2. The first-order valence-electron chi connectivity index (χ1n) is 8.65. The number of rotatable bonds is 3. The van der Waals surface area contributed by atoms with E-state index in [2.05, 4.69) is 32.4 Å². The molecule has 1 amide bonds. The van der Waals surface area contributed by atoms with E-state index < -0.39 is 5.91 Å². The number of carbonyl (C=O) groups excluding carboxylic acids is 1. The van der Waals surface area contributed by atoms with E-state index in [4.69, 9.17) is 5.73 Å². The molecule has 0 aliphatic heterocycles. The Morgan fingerprint density at radius 1 is 1.18 bits per heavy atom. The molecule has 7 nitrogen and oxygen atoms in total. The number of nitriles is 1. The lowest BCUT2D eigenvalue weighted by molar-refractivity contribution is 0.0948. The van der Waals surface area contributed by atoms with Crippen LogP contribution in [0.1, 0.15) is 27.2 Å². The van der Waals surface area contributed by atoms with Crippen LogP contribution in [0.25, 0.3) is 21.8 Å². The molecule has 4 aromatic rings. The minimum absolute atomic E-state index is 0.0531.